The van der Waals surface area contributed by atoms with Gasteiger partial charge >= 0.3 is 0 Å². The summed E-state index contributed by atoms with van der Waals surface area (Å²) < 4.78 is 14.8. The summed E-state index contributed by atoms with van der Waals surface area (Å²) in [7, 11) is 1.61. The first-order valence-electron chi connectivity index (χ1n) is 10.9. The largest absolute Gasteiger partial charge is 0.496 e. The standard InChI is InChI=1S/C26H21N5O3S/c1-33-23-9-5-2-6-19(23)17-30-24(32)21-7-3-4-8-22(21)31-25(30)28-29-26(31)35-15-14-34-20-12-10-18(16-27)11-13-20/h2-13H,14-15,17H2,1H3. The van der Waals surface area contributed by atoms with Crippen LogP contribution in [0.3, 0.4) is 0 Å². The molecule has 0 aliphatic rings. The summed E-state index contributed by atoms with van der Waals surface area (Å²) in [5.74, 6) is 2.50. The van der Waals surface area contributed by atoms with E-state index in [1.807, 2.05) is 52.9 Å². The molecule has 0 fully saturated rings. The molecular weight excluding hydrogens is 462 g/mol. The second kappa shape index (κ2) is 9.91. The monoisotopic (exact) mass is 483 g/mol. The lowest BCUT2D eigenvalue weighted by atomic mass is 10.2. The average Bonchev–Trinajstić information content (AvgIpc) is 3.33. The Morgan fingerprint density at radius 3 is 2.57 bits per heavy atom. The summed E-state index contributed by atoms with van der Waals surface area (Å²) in [6.07, 6.45) is 0. The van der Waals surface area contributed by atoms with Crippen LogP contribution in [0.15, 0.2) is 82.7 Å². The van der Waals surface area contributed by atoms with Crippen molar-refractivity contribution < 1.29 is 9.47 Å². The van der Waals surface area contributed by atoms with Gasteiger partial charge in [-0.25, -0.2) is 0 Å². The summed E-state index contributed by atoms with van der Waals surface area (Å²) in [5, 5.41) is 19.0. The van der Waals surface area contributed by atoms with Gasteiger partial charge in [0.25, 0.3) is 5.56 Å². The van der Waals surface area contributed by atoms with Crippen molar-refractivity contribution in [1.29, 1.82) is 5.26 Å². The lowest BCUT2D eigenvalue weighted by Gasteiger charge is -2.13. The SMILES string of the molecule is COc1ccccc1Cn1c(=O)c2ccccc2n2c(SCCOc3ccc(C#N)cc3)nnc12. The molecule has 0 N–H and O–H groups in total. The minimum Gasteiger partial charge on any atom is -0.496 e. The van der Waals surface area contributed by atoms with Gasteiger partial charge in [-0.15, -0.1) is 10.2 Å². The van der Waals surface area contributed by atoms with Gasteiger partial charge in [0.1, 0.15) is 11.5 Å². The van der Waals surface area contributed by atoms with Gasteiger partial charge in [-0.3, -0.25) is 13.8 Å². The van der Waals surface area contributed by atoms with Crippen molar-refractivity contribution in [2.45, 2.75) is 11.7 Å². The van der Waals surface area contributed by atoms with Crippen LogP contribution < -0.4 is 15.0 Å². The number of nitriles is 1. The first-order valence-corrected chi connectivity index (χ1v) is 11.9. The van der Waals surface area contributed by atoms with E-state index in [0.29, 0.717) is 52.3 Å². The third kappa shape index (κ3) is 4.44. The Labute approximate surface area is 205 Å². The van der Waals surface area contributed by atoms with Crippen molar-refractivity contribution in [3.63, 3.8) is 0 Å². The van der Waals surface area contributed by atoms with E-state index < -0.39 is 0 Å². The molecule has 0 saturated carbocycles. The van der Waals surface area contributed by atoms with Gasteiger partial charge in [0.2, 0.25) is 5.78 Å². The maximum atomic E-state index is 13.4. The van der Waals surface area contributed by atoms with Crippen LogP contribution in [0.25, 0.3) is 16.7 Å². The summed E-state index contributed by atoms with van der Waals surface area (Å²) >= 11 is 1.50. The zero-order chi connectivity index (χ0) is 24.2. The maximum absolute atomic E-state index is 13.4. The first-order chi connectivity index (χ1) is 17.2. The van der Waals surface area contributed by atoms with E-state index in [1.54, 1.807) is 35.9 Å². The highest BCUT2D eigenvalue weighted by atomic mass is 32.2. The third-order valence-electron chi connectivity index (χ3n) is 5.57. The molecule has 174 valence electrons. The molecule has 3 aromatic carbocycles. The number of hydrogen-bond acceptors (Lipinski definition) is 7. The molecule has 0 aliphatic heterocycles. The topological polar surface area (TPSA) is 94.4 Å². The summed E-state index contributed by atoms with van der Waals surface area (Å²) in [6, 6.07) is 24.2. The van der Waals surface area contributed by atoms with Gasteiger partial charge < -0.3 is 9.47 Å². The summed E-state index contributed by atoms with van der Waals surface area (Å²) in [5.41, 5.74) is 2.09. The maximum Gasteiger partial charge on any atom is 0.263 e. The zero-order valence-electron chi connectivity index (χ0n) is 18.9. The fourth-order valence-electron chi connectivity index (χ4n) is 3.89. The first kappa shape index (κ1) is 22.5. The number of fused-ring (bicyclic) bond motifs is 3. The Morgan fingerprint density at radius 1 is 1.00 bits per heavy atom. The summed E-state index contributed by atoms with van der Waals surface area (Å²) in [4.78, 5) is 13.4. The molecule has 0 radical (unpaired) electrons. The van der Waals surface area contributed by atoms with Gasteiger partial charge in [-0.1, -0.05) is 42.1 Å². The number of para-hydroxylation sites is 2. The van der Waals surface area contributed by atoms with Crippen LogP contribution in [-0.4, -0.2) is 38.6 Å². The van der Waals surface area contributed by atoms with Crippen LogP contribution in [-0.2, 0) is 6.54 Å². The van der Waals surface area contributed by atoms with Crippen LogP contribution in [0, 0.1) is 11.3 Å². The predicted octanol–water partition coefficient (Wildman–Crippen LogP) is 4.14. The molecule has 5 rings (SSSR count). The number of rotatable bonds is 8. The number of aromatic nitrogens is 4. The molecule has 0 amide bonds. The molecule has 35 heavy (non-hydrogen) atoms. The number of methoxy groups -OCH3 is 1. The molecule has 2 heterocycles. The lowest BCUT2D eigenvalue weighted by molar-refractivity contribution is 0.344. The van der Waals surface area contributed by atoms with Crippen molar-refractivity contribution in [2.24, 2.45) is 0 Å². The third-order valence-corrected chi connectivity index (χ3v) is 6.46. The van der Waals surface area contributed by atoms with E-state index in [0.717, 1.165) is 11.1 Å². The van der Waals surface area contributed by atoms with Gasteiger partial charge in [0.05, 0.1) is 42.8 Å². The normalized spacial score (nSPS) is 11.0. The van der Waals surface area contributed by atoms with Crippen molar-refractivity contribution in [1.82, 2.24) is 19.2 Å². The zero-order valence-corrected chi connectivity index (χ0v) is 19.7. The molecule has 0 saturated heterocycles. The molecular formula is C26H21N5O3S. The Bertz CT molecular complexity index is 1600. The number of nitrogens with zero attached hydrogens (tertiary/aromatic N) is 5. The van der Waals surface area contributed by atoms with E-state index >= 15 is 0 Å². The minimum atomic E-state index is -0.132. The minimum absolute atomic E-state index is 0.132. The number of benzene rings is 3. The highest BCUT2D eigenvalue weighted by Gasteiger charge is 2.18. The molecule has 0 unspecified atom stereocenters. The number of hydrogen-bond donors (Lipinski definition) is 0. The highest BCUT2D eigenvalue weighted by molar-refractivity contribution is 7.99. The molecule has 8 nitrogen and oxygen atoms in total. The van der Waals surface area contributed by atoms with Crippen LogP contribution >= 0.6 is 11.8 Å². The molecule has 0 aliphatic carbocycles. The Balaban J connectivity index is 1.46. The Hall–Kier alpha value is -4.29. The highest BCUT2D eigenvalue weighted by Crippen LogP contribution is 2.24. The second-order valence-electron chi connectivity index (χ2n) is 7.67. The second-order valence-corrected chi connectivity index (χ2v) is 8.73. The molecule has 0 bridgehead atoms. The number of ether oxygens (including phenoxy) is 2. The van der Waals surface area contributed by atoms with Gasteiger partial charge in [-0.2, -0.15) is 5.26 Å². The molecule has 0 atom stereocenters. The predicted molar refractivity (Wildman–Crippen MR) is 134 cm³/mol. The fourth-order valence-corrected chi connectivity index (χ4v) is 4.65. The van der Waals surface area contributed by atoms with Crippen LogP contribution in [0.1, 0.15) is 11.1 Å². The van der Waals surface area contributed by atoms with Crippen molar-refractivity contribution in [3.8, 4) is 17.6 Å². The quantitative estimate of drug-likeness (QED) is 0.242. The van der Waals surface area contributed by atoms with Crippen LogP contribution in [0.2, 0.25) is 0 Å². The van der Waals surface area contributed by atoms with Crippen molar-refractivity contribution in [3.05, 3.63) is 94.3 Å². The van der Waals surface area contributed by atoms with Crippen molar-refractivity contribution >= 4 is 28.4 Å². The Kier molecular flexibility index (Phi) is 6.37. The van der Waals surface area contributed by atoms with Crippen LogP contribution in [0.5, 0.6) is 11.5 Å². The smallest absolute Gasteiger partial charge is 0.263 e. The van der Waals surface area contributed by atoms with Gasteiger partial charge in [0, 0.05) is 11.3 Å². The van der Waals surface area contributed by atoms with Gasteiger partial charge in [0.15, 0.2) is 5.16 Å². The molecule has 2 aromatic heterocycles. The Morgan fingerprint density at radius 2 is 1.77 bits per heavy atom. The van der Waals surface area contributed by atoms with E-state index in [9.17, 15) is 4.79 Å². The van der Waals surface area contributed by atoms with E-state index in [2.05, 4.69) is 16.3 Å². The van der Waals surface area contributed by atoms with Crippen LogP contribution in [0.4, 0.5) is 0 Å². The molecule has 0 spiro atoms. The van der Waals surface area contributed by atoms with E-state index in [1.165, 1.54) is 11.8 Å². The van der Waals surface area contributed by atoms with Gasteiger partial charge in [-0.05, 0) is 42.5 Å². The fraction of sp³-hybridized carbons (Fsp3) is 0.154. The number of thioether (sulfide) groups is 1. The average molecular weight is 484 g/mol. The summed E-state index contributed by atoms with van der Waals surface area (Å²) in [6.45, 7) is 0.756. The van der Waals surface area contributed by atoms with E-state index in [4.69, 9.17) is 14.7 Å². The lowest BCUT2D eigenvalue weighted by Crippen LogP contribution is -2.24. The van der Waals surface area contributed by atoms with Crippen molar-refractivity contribution in [2.75, 3.05) is 19.5 Å². The molecule has 5 aromatic rings. The van der Waals surface area contributed by atoms with E-state index in [-0.39, 0.29) is 5.56 Å². The molecule has 9 heteroatoms.